The summed E-state index contributed by atoms with van der Waals surface area (Å²) >= 11 is 0. The molecule has 0 aliphatic carbocycles. The van der Waals surface area contributed by atoms with Crippen LogP contribution < -0.4 is 20.1 Å². The topological polar surface area (TPSA) is 67.4 Å². The van der Waals surface area contributed by atoms with Gasteiger partial charge in [0.15, 0.2) is 17.5 Å². The molecule has 2 fully saturated rings. The minimum atomic E-state index is 0.0834. The monoisotopic (exact) mass is 446 g/mol. The molecule has 0 aromatic heterocycles. The molecule has 2 saturated heterocycles. The van der Waals surface area contributed by atoms with Crippen LogP contribution in [-0.2, 0) is 4.74 Å². The molecule has 0 amide bonds. The summed E-state index contributed by atoms with van der Waals surface area (Å²) in [4.78, 5) is 7.73. The van der Waals surface area contributed by atoms with Crippen LogP contribution in [0.3, 0.4) is 0 Å². The number of nitrogens with zero attached hydrogens (tertiary/aromatic N) is 2. The standard InChI is InChI=1S/C25H42N4O3/c1-5-26-24(27-19-25(12-16-30-17-13-25)29-14-8-9-15-29)28-20(4)21-10-11-22(31-6-2)23(18-21)32-7-3/h10-11,18,20H,5-9,12-17,19H2,1-4H3,(H2,26,27,28). The minimum Gasteiger partial charge on any atom is -0.490 e. The molecule has 0 saturated carbocycles. The molecular weight excluding hydrogens is 404 g/mol. The zero-order chi connectivity index (χ0) is 22.8. The first-order valence-electron chi connectivity index (χ1n) is 12.4. The lowest BCUT2D eigenvalue weighted by atomic mass is 9.88. The first-order chi connectivity index (χ1) is 15.6. The first kappa shape index (κ1) is 24.6. The molecule has 1 atom stereocenters. The molecule has 1 aromatic carbocycles. The van der Waals surface area contributed by atoms with E-state index in [4.69, 9.17) is 19.2 Å². The molecule has 0 spiro atoms. The fourth-order valence-corrected chi connectivity index (χ4v) is 4.69. The van der Waals surface area contributed by atoms with E-state index in [1.165, 1.54) is 25.9 Å². The maximum atomic E-state index is 5.81. The van der Waals surface area contributed by atoms with Crippen molar-refractivity contribution in [1.29, 1.82) is 0 Å². The lowest BCUT2D eigenvalue weighted by Gasteiger charge is -2.43. The number of aliphatic imine (C=N–C) groups is 1. The fourth-order valence-electron chi connectivity index (χ4n) is 4.69. The van der Waals surface area contributed by atoms with Crippen molar-refractivity contribution in [2.45, 2.75) is 65.0 Å². The largest absolute Gasteiger partial charge is 0.490 e. The van der Waals surface area contributed by atoms with Crippen LogP contribution in [0.5, 0.6) is 11.5 Å². The Morgan fingerprint density at radius 2 is 1.78 bits per heavy atom. The van der Waals surface area contributed by atoms with E-state index >= 15 is 0 Å². The molecular formula is C25H42N4O3. The number of guanidine groups is 1. The molecule has 180 valence electrons. The highest BCUT2D eigenvalue weighted by Gasteiger charge is 2.39. The van der Waals surface area contributed by atoms with Crippen LogP contribution in [0.1, 0.15) is 65.0 Å². The summed E-state index contributed by atoms with van der Waals surface area (Å²) in [6.07, 6.45) is 4.70. The van der Waals surface area contributed by atoms with E-state index in [9.17, 15) is 0 Å². The van der Waals surface area contributed by atoms with Crippen molar-refractivity contribution in [2.75, 3.05) is 52.6 Å². The minimum absolute atomic E-state index is 0.0834. The molecule has 1 unspecified atom stereocenters. The maximum Gasteiger partial charge on any atom is 0.191 e. The van der Waals surface area contributed by atoms with Gasteiger partial charge in [-0.05, 0) is 84.2 Å². The van der Waals surface area contributed by atoms with Crippen LogP contribution in [0.2, 0.25) is 0 Å². The van der Waals surface area contributed by atoms with Crippen molar-refractivity contribution >= 4 is 5.96 Å². The third-order valence-electron chi connectivity index (χ3n) is 6.50. The Balaban J connectivity index is 1.73. The molecule has 1 aromatic rings. The SMILES string of the molecule is CCNC(=NCC1(N2CCCC2)CCOCC1)NC(C)c1ccc(OCC)c(OCC)c1. The molecule has 32 heavy (non-hydrogen) atoms. The number of likely N-dealkylation sites (tertiary alicyclic amines) is 1. The Hall–Kier alpha value is -1.99. The molecule has 2 aliphatic heterocycles. The number of hydrogen-bond donors (Lipinski definition) is 2. The number of ether oxygens (including phenoxy) is 3. The first-order valence-corrected chi connectivity index (χ1v) is 12.4. The van der Waals surface area contributed by atoms with Crippen molar-refractivity contribution in [3.63, 3.8) is 0 Å². The average Bonchev–Trinajstić information content (AvgIpc) is 3.35. The van der Waals surface area contributed by atoms with Gasteiger partial charge in [-0.1, -0.05) is 6.07 Å². The number of hydrogen-bond acceptors (Lipinski definition) is 5. The summed E-state index contributed by atoms with van der Waals surface area (Å²) in [7, 11) is 0. The second-order valence-electron chi connectivity index (χ2n) is 8.66. The molecule has 2 aliphatic rings. The smallest absolute Gasteiger partial charge is 0.191 e. The highest BCUT2D eigenvalue weighted by atomic mass is 16.5. The second kappa shape index (κ2) is 12.3. The number of benzene rings is 1. The Kier molecular flexibility index (Phi) is 9.48. The van der Waals surface area contributed by atoms with Crippen molar-refractivity contribution in [3.05, 3.63) is 23.8 Å². The average molecular weight is 447 g/mol. The molecule has 7 nitrogen and oxygen atoms in total. The Morgan fingerprint density at radius 3 is 2.44 bits per heavy atom. The second-order valence-corrected chi connectivity index (χ2v) is 8.66. The van der Waals surface area contributed by atoms with Gasteiger partial charge in [0, 0.05) is 25.3 Å². The van der Waals surface area contributed by atoms with Crippen LogP contribution in [0.25, 0.3) is 0 Å². The van der Waals surface area contributed by atoms with Crippen LogP contribution >= 0.6 is 0 Å². The summed E-state index contributed by atoms with van der Waals surface area (Å²) in [5.74, 6) is 2.44. The van der Waals surface area contributed by atoms with E-state index in [1.807, 2.05) is 19.9 Å². The number of nitrogens with one attached hydrogen (secondary N) is 2. The third-order valence-corrected chi connectivity index (χ3v) is 6.50. The van der Waals surface area contributed by atoms with Gasteiger partial charge in [0.25, 0.3) is 0 Å². The molecule has 7 heteroatoms. The van der Waals surface area contributed by atoms with Crippen LogP contribution in [-0.4, -0.2) is 69.0 Å². The zero-order valence-corrected chi connectivity index (χ0v) is 20.4. The van der Waals surface area contributed by atoms with E-state index in [1.54, 1.807) is 0 Å². The Bertz CT molecular complexity index is 728. The van der Waals surface area contributed by atoms with Crippen molar-refractivity contribution in [3.8, 4) is 11.5 Å². The van der Waals surface area contributed by atoms with Gasteiger partial charge in [-0.2, -0.15) is 0 Å². The van der Waals surface area contributed by atoms with Gasteiger partial charge in [0.05, 0.1) is 25.8 Å². The van der Waals surface area contributed by atoms with E-state index in [0.29, 0.717) is 13.2 Å². The number of rotatable bonds is 10. The van der Waals surface area contributed by atoms with Crippen LogP contribution in [0.15, 0.2) is 23.2 Å². The van der Waals surface area contributed by atoms with E-state index in [-0.39, 0.29) is 11.6 Å². The van der Waals surface area contributed by atoms with Crippen molar-refractivity contribution < 1.29 is 14.2 Å². The van der Waals surface area contributed by atoms with Gasteiger partial charge >= 0.3 is 0 Å². The normalized spacial score (nSPS) is 20.1. The van der Waals surface area contributed by atoms with E-state index < -0.39 is 0 Å². The van der Waals surface area contributed by atoms with Crippen LogP contribution in [0.4, 0.5) is 0 Å². The lowest BCUT2D eigenvalue weighted by Crippen LogP contribution is -2.54. The van der Waals surface area contributed by atoms with Crippen molar-refractivity contribution in [1.82, 2.24) is 15.5 Å². The van der Waals surface area contributed by atoms with Gasteiger partial charge in [-0.15, -0.1) is 0 Å². The van der Waals surface area contributed by atoms with Gasteiger partial charge < -0.3 is 24.8 Å². The lowest BCUT2D eigenvalue weighted by molar-refractivity contribution is -0.0139. The molecule has 2 N–H and O–H groups in total. The quantitative estimate of drug-likeness (QED) is 0.422. The summed E-state index contributed by atoms with van der Waals surface area (Å²) in [5.41, 5.74) is 1.27. The summed E-state index contributed by atoms with van der Waals surface area (Å²) < 4.78 is 17.2. The summed E-state index contributed by atoms with van der Waals surface area (Å²) in [6, 6.07) is 6.25. The predicted molar refractivity (Wildman–Crippen MR) is 130 cm³/mol. The van der Waals surface area contributed by atoms with Gasteiger partial charge in [-0.3, -0.25) is 9.89 Å². The molecule has 2 heterocycles. The zero-order valence-electron chi connectivity index (χ0n) is 20.4. The summed E-state index contributed by atoms with van der Waals surface area (Å²) in [6.45, 7) is 15.1. The van der Waals surface area contributed by atoms with E-state index in [0.717, 1.165) is 62.2 Å². The third kappa shape index (κ3) is 6.29. The molecule has 3 rings (SSSR count). The molecule has 0 bridgehead atoms. The summed E-state index contributed by atoms with van der Waals surface area (Å²) in [5, 5.41) is 7.03. The highest BCUT2D eigenvalue weighted by molar-refractivity contribution is 5.80. The van der Waals surface area contributed by atoms with Gasteiger partial charge in [-0.25, -0.2) is 0 Å². The van der Waals surface area contributed by atoms with E-state index in [2.05, 4.69) is 41.5 Å². The Morgan fingerprint density at radius 1 is 1.09 bits per heavy atom. The van der Waals surface area contributed by atoms with Crippen molar-refractivity contribution in [2.24, 2.45) is 4.99 Å². The fraction of sp³-hybridized carbons (Fsp3) is 0.720. The molecule has 0 radical (unpaired) electrons. The van der Waals surface area contributed by atoms with Gasteiger partial charge in [0.1, 0.15) is 0 Å². The van der Waals surface area contributed by atoms with Crippen LogP contribution in [0, 0.1) is 0 Å². The highest BCUT2D eigenvalue weighted by Crippen LogP contribution is 2.32. The predicted octanol–water partition coefficient (Wildman–Crippen LogP) is 3.75. The Labute approximate surface area is 193 Å². The maximum absolute atomic E-state index is 5.81. The van der Waals surface area contributed by atoms with Gasteiger partial charge in [0.2, 0.25) is 0 Å².